The molecule has 1 aliphatic rings. The van der Waals surface area contributed by atoms with E-state index in [9.17, 15) is 18.4 Å². The van der Waals surface area contributed by atoms with Crippen molar-refractivity contribution in [1.29, 1.82) is 0 Å². The third kappa shape index (κ3) is 9.32. The van der Waals surface area contributed by atoms with Gasteiger partial charge in [0.2, 0.25) is 0 Å². The van der Waals surface area contributed by atoms with Crippen LogP contribution >= 0.6 is 0 Å². The van der Waals surface area contributed by atoms with Gasteiger partial charge >= 0.3 is 24.0 Å². The number of halogens is 2. The fourth-order valence-electron chi connectivity index (χ4n) is 5.02. The summed E-state index contributed by atoms with van der Waals surface area (Å²) in [4.78, 5) is 27.5. The lowest BCUT2D eigenvalue weighted by atomic mass is 9.84. The summed E-state index contributed by atoms with van der Waals surface area (Å²) >= 11 is 0. The monoisotopic (exact) mass is 592 g/mol. The molecule has 3 amide bonds. The summed E-state index contributed by atoms with van der Waals surface area (Å²) in [7, 11) is 0. The van der Waals surface area contributed by atoms with Gasteiger partial charge in [0.05, 0.1) is 17.2 Å². The molecular formula is C31H36F2N7O3+. The van der Waals surface area contributed by atoms with Crippen molar-refractivity contribution in [2.45, 2.75) is 64.1 Å². The minimum absolute atomic E-state index is 0.0312. The van der Waals surface area contributed by atoms with Crippen molar-refractivity contribution >= 4 is 23.6 Å². The molecular weight excluding hydrogens is 556 g/mol. The van der Waals surface area contributed by atoms with Crippen molar-refractivity contribution < 1.29 is 28.5 Å². The van der Waals surface area contributed by atoms with Crippen LogP contribution in [0, 0.1) is 0 Å². The molecule has 0 radical (unpaired) electrons. The Balaban J connectivity index is 1.48. The largest absolute Gasteiger partial charge is 0.433 e. The maximum Gasteiger partial charge on any atom is 0.414 e. The normalized spacial score (nSPS) is 13.8. The Labute approximate surface area is 248 Å². The molecule has 43 heavy (non-hydrogen) atoms. The minimum Gasteiger partial charge on any atom is -0.433 e. The Morgan fingerprint density at radius 2 is 1.60 bits per heavy atom. The van der Waals surface area contributed by atoms with Crippen LogP contribution < -0.4 is 31.5 Å². The highest BCUT2D eigenvalue weighted by atomic mass is 19.3. The second kappa shape index (κ2) is 14.3. The average molecular weight is 593 g/mol. The Morgan fingerprint density at radius 3 is 2.21 bits per heavy atom. The number of carbonyl (C=O) groups is 2. The Hall–Kier alpha value is -4.87. The number of guanidine groups is 1. The molecule has 0 aromatic heterocycles. The fourth-order valence-corrected chi connectivity index (χ4v) is 5.02. The molecule has 1 fully saturated rings. The molecule has 12 heteroatoms. The molecule has 1 aliphatic carbocycles. The molecule has 0 aliphatic heterocycles. The SMILES string of the molecule is CC(F)(F)Oc1ccc(CNC(=O)N(Cc2ccc(C(=O)NC(=[NH2+])N=NN)cc2)c2ccc(C3CCCCC3)cc2)cc1. The van der Waals surface area contributed by atoms with Crippen LogP contribution in [0.3, 0.4) is 0 Å². The predicted octanol–water partition coefficient (Wildman–Crippen LogP) is 4.81. The number of alkyl halides is 2. The molecule has 3 aromatic rings. The molecule has 0 atom stereocenters. The van der Waals surface area contributed by atoms with Crippen molar-refractivity contribution in [3.05, 3.63) is 95.1 Å². The second-order valence-corrected chi connectivity index (χ2v) is 10.5. The van der Waals surface area contributed by atoms with Gasteiger partial charge in [-0.25, -0.2) is 10.1 Å². The Morgan fingerprint density at radius 1 is 0.977 bits per heavy atom. The first-order chi connectivity index (χ1) is 20.6. The van der Waals surface area contributed by atoms with Crippen molar-refractivity contribution in [1.82, 2.24) is 10.6 Å². The van der Waals surface area contributed by atoms with Gasteiger partial charge in [0.25, 0.3) is 0 Å². The molecule has 0 saturated heterocycles. The number of nitrogens with one attached hydrogen (secondary N) is 2. The maximum absolute atomic E-state index is 13.5. The van der Waals surface area contributed by atoms with Gasteiger partial charge in [-0.1, -0.05) is 55.7 Å². The number of urea groups is 1. The fraction of sp³-hybridized carbons (Fsp3) is 0.323. The number of carbonyl (C=O) groups excluding carboxylic acids is 2. The van der Waals surface area contributed by atoms with Gasteiger partial charge < -0.3 is 10.1 Å². The number of hydrogen-bond acceptors (Lipinski definition) is 4. The summed E-state index contributed by atoms with van der Waals surface area (Å²) in [6.45, 7) is 1.07. The van der Waals surface area contributed by atoms with Gasteiger partial charge in [-0.3, -0.25) is 20.9 Å². The van der Waals surface area contributed by atoms with E-state index in [0.717, 1.165) is 5.56 Å². The van der Waals surface area contributed by atoms with Crippen LogP contribution in [0.5, 0.6) is 5.75 Å². The van der Waals surface area contributed by atoms with E-state index in [2.05, 4.69) is 37.8 Å². The average Bonchev–Trinajstić information content (AvgIpc) is 2.99. The molecule has 0 spiro atoms. The molecule has 10 nitrogen and oxygen atoms in total. The van der Waals surface area contributed by atoms with Gasteiger partial charge in [0.15, 0.2) is 0 Å². The number of benzene rings is 3. The number of rotatable bonds is 9. The van der Waals surface area contributed by atoms with Crippen molar-refractivity contribution in [3.63, 3.8) is 0 Å². The van der Waals surface area contributed by atoms with Crippen LogP contribution in [0.15, 0.2) is 83.1 Å². The Kier molecular flexibility index (Phi) is 10.4. The lowest BCUT2D eigenvalue weighted by Gasteiger charge is -2.26. The third-order valence-corrected chi connectivity index (χ3v) is 7.15. The predicted molar refractivity (Wildman–Crippen MR) is 158 cm³/mol. The number of ether oxygens (including phenoxy) is 1. The molecule has 6 N–H and O–H groups in total. The lowest BCUT2D eigenvalue weighted by molar-refractivity contribution is -0.159. The summed E-state index contributed by atoms with van der Waals surface area (Å²) < 4.78 is 30.9. The standard InChI is InChI=1S/C31H35F2N7O3/c1-31(32,33)43-27-17-9-21(10-18-27)19-36-30(42)40(26-15-13-24(14-16-26)23-5-3-2-4-6-23)20-22-7-11-25(12-8-22)28(41)37-29(34)38-39-35/h7-18,23H,2-6,19-20H2,1H3,(H,36,42)(H4,34,35,37,38,41)/p+1. The Bertz CT molecular complexity index is 1420. The highest BCUT2D eigenvalue weighted by Crippen LogP contribution is 2.33. The van der Waals surface area contributed by atoms with Gasteiger partial charge in [0, 0.05) is 24.4 Å². The highest BCUT2D eigenvalue weighted by Gasteiger charge is 2.23. The quantitative estimate of drug-likeness (QED) is 0.0928. The van der Waals surface area contributed by atoms with Crippen molar-refractivity contribution in [2.75, 3.05) is 4.90 Å². The van der Waals surface area contributed by atoms with Crippen LogP contribution in [0.1, 0.15) is 72.0 Å². The third-order valence-electron chi connectivity index (χ3n) is 7.15. The zero-order chi connectivity index (χ0) is 30.8. The van der Waals surface area contributed by atoms with Crippen LogP contribution in [-0.4, -0.2) is 24.0 Å². The smallest absolute Gasteiger partial charge is 0.414 e. The lowest BCUT2D eigenvalue weighted by Crippen LogP contribution is -2.49. The number of nitrogens with zero attached hydrogens (tertiary/aromatic N) is 3. The summed E-state index contributed by atoms with van der Waals surface area (Å²) in [5, 5.41) is 17.2. The van der Waals surface area contributed by atoms with Crippen molar-refractivity contribution in [3.8, 4) is 5.75 Å². The molecule has 0 unspecified atom stereocenters. The van der Waals surface area contributed by atoms with Crippen LogP contribution in [0.2, 0.25) is 0 Å². The van der Waals surface area contributed by atoms with Crippen LogP contribution in [0.25, 0.3) is 0 Å². The molecule has 226 valence electrons. The van der Waals surface area contributed by atoms with Gasteiger partial charge in [0.1, 0.15) is 5.75 Å². The zero-order valence-corrected chi connectivity index (χ0v) is 23.9. The first-order valence-electron chi connectivity index (χ1n) is 14.1. The van der Waals surface area contributed by atoms with Gasteiger partial charge in [-0.15, -0.1) is 0 Å². The molecule has 1 saturated carbocycles. The van der Waals surface area contributed by atoms with E-state index in [1.807, 2.05) is 12.1 Å². The number of anilines is 1. The first kappa shape index (κ1) is 31.1. The number of hydrogen-bond donors (Lipinski definition) is 4. The summed E-state index contributed by atoms with van der Waals surface area (Å²) in [5.41, 5.74) is 3.81. The summed E-state index contributed by atoms with van der Waals surface area (Å²) in [6.07, 6.45) is 2.78. The van der Waals surface area contributed by atoms with E-state index in [4.69, 9.17) is 11.3 Å². The molecule has 3 aromatic carbocycles. The highest BCUT2D eigenvalue weighted by molar-refractivity contribution is 6.04. The van der Waals surface area contributed by atoms with E-state index in [1.54, 1.807) is 41.3 Å². The van der Waals surface area contributed by atoms with E-state index in [1.165, 1.54) is 49.8 Å². The van der Waals surface area contributed by atoms with Crippen LogP contribution in [0.4, 0.5) is 19.3 Å². The number of amides is 3. The number of nitrogens with two attached hydrogens (primary N) is 2. The first-order valence-corrected chi connectivity index (χ1v) is 14.1. The van der Waals surface area contributed by atoms with Crippen molar-refractivity contribution in [2.24, 2.45) is 16.2 Å². The van der Waals surface area contributed by atoms with Gasteiger partial charge in [-0.05, 0) is 71.8 Å². The summed E-state index contributed by atoms with van der Waals surface area (Å²) in [5.74, 6) is 4.79. The van der Waals surface area contributed by atoms with E-state index in [0.29, 0.717) is 29.7 Å². The van der Waals surface area contributed by atoms with E-state index < -0.39 is 12.0 Å². The minimum atomic E-state index is -3.28. The zero-order valence-electron chi connectivity index (χ0n) is 23.9. The maximum atomic E-state index is 13.5. The van der Waals surface area contributed by atoms with Gasteiger partial charge in [-0.2, -0.15) is 8.78 Å². The van der Waals surface area contributed by atoms with E-state index in [-0.39, 0.29) is 30.8 Å². The topological polar surface area (TPSA) is 147 Å². The van der Waals surface area contributed by atoms with E-state index >= 15 is 0 Å². The molecule has 0 heterocycles. The molecule has 4 rings (SSSR count). The summed E-state index contributed by atoms with van der Waals surface area (Å²) in [6, 6.07) is 20.5. The molecule has 0 bridgehead atoms. The second-order valence-electron chi connectivity index (χ2n) is 10.5. The van der Waals surface area contributed by atoms with Crippen LogP contribution in [-0.2, 0) is 13.1 Å².